The van der Waals surface area contributed by atoms with Crippen molar-refractivity contribution in [2.45, 2.75) is 12.8 Å². The Kier molecular flexibility index (Phi) is 2.15. The summed E-state index contributed by atoms with van der Waals surface area (Å²) in [7, 11) is 0. The molecule has 0 aromatic heterocycles. The first-order valence-electron chi connectivity index (χ1n) is 3.26. The Morgan fingerprint density at radius 3 is 3.00 bits per heavy atom. The summed E-state index contributed by atoms with van der Waals surface area (Å²) in [6.07, 6.45) is 7.90. The predicted molar refractivity (Wildman–Crippen MR) is 43.7 cm³/mol. The Morgan fingerprint density at radius 2 is 2.50 bits per heavy atom. The van der Waals surface area contributed by atoms with E-state index in [1.165, 1.54) is 0 Å². The highest BCUT2D eigenvalue weighted by atomic mass is 14.8. The average molecular weight is 134 g/mol. The molecular weight excluding hydrogens is 124 g/mol. The summed E-state index contributed by atoms with van der Waals surface area (Å²) < 4.78 is 0. The van der Waals surface area contributed by atoms with Crippen molar-refractivity contribution in [3.8, 4) is 0 Å². The number of rotatable bonds is 1. The second kappa shape index (κ2) is 3.11. The van der Waals surface area contributed by atoms with Crippen molar-refractivity contribution in [2.75, 3.05) is 0 Å². The van der Waals surface area contributed by atoms with Crippen molar-refractivity contribution >= 4 is 12.6 Å². The first-order valence-corrected chi connectivity index (χ1v) is 3.26. The number of nitrogens with zero attached hydrogens (tertiary/aromatic N) is 1. The molecule has 0 aromatic carbocycles. The van der Waals surface area contributed by atoms with E-state index in [-0.39, 0.29) is 0 Å². The Balaban J connectivity index is 2.71. The van der Waals surface area contributed by atoms with E-state index in [9.17, 15) is 0 Å². The summed E-state index contributed by atoms with van der Waals surface area (Å²) in [4.78, 5) is 3.54. The lowest BCUT2D eigenvalue weighted by Gasteiger charge is -2.04. The first-order chi connectivity index (χ1) is 4.84. The van der Waals surface area contributed by atoms with Crippen LogP contribution in [0.3, 0.4) is 0 Å². The van der Waals surface area contributed by atoms with E-state index < -0.39 is 0 Å². The summed E-state index contributed by atoms with van der Waals surface area (Å²) in [6, 6.07) is 0. The minimum Gasteiger partial charge on any atom is -0.283 e. The Labute approximate surface area is 60.5 Å². The van der Waals surface area contributed by atoms with Crippen LogP contribution in [0.15, 0.2) is 28.8 Å². The van der Waals surface area contributed by atoms with Crippen LogP contribution in [0.1, 0.15) is 12.8 Å². The predicted octanol–water partition coefficient (Wildman–Crippen LogP) is 1.94. The normalized spacial score (nSPS) is 16.2. The van der Waals surface area contributed by atoms with Gasteiger partial charge in [0.1, 0.15) is 5.84 Å². The Morgan fingerprint density at radius 1 is 1.70 bits per heavy atom. The third-order valence-corrected chi connectivity index (χ3v) is 1.48. The summed E-state index contributed by atoms with van der Waals surface area (Å²) in [6.45, 7) is 3.30. The van der Waals surface area contributed by atoms with Crippen LogP contribution >= 0.6 is 0 Å². The molecule has 10 heavy (non-hydrogen) atoms. The molecule has 2 heteroatoms. The van der Waals surface area contributed by atoms with Crippen molar-refractivity contribution in [2.24, 2.45) is 4.99 Å². The molecule has 0 spiro atoms. The fourth-order valence-corrected chi connectivity index (χ4v) is 0.901. The van der Waals surface area contributed by atoms with Crippen LogP contribution in [-0.4, -0.2) is 12.6 Å². The molecule has 1 N–H and O–H groups in total. The second-order valence-corrected chi connectivity index (χ2v) is 2.17. The minimum absolute atomic E-state index is 0.310. The fraction of sp³-hybridized carbons (Fsp3) is 0.250. The number of allylic oxidation sites excluding steroid dienone is 3. The van der Waals surface area contributed by atoms with Gasteiger partial charge in [0.15, 0.2) is 0 Å². The van der Waals surface area contributed by atoms with Gasteiger partial charge in [-0.05, 0) is 25.1 Å². The van der Waals surface area contributed by atoms with E-state index in [0.29, 0.717) is 5.84 Å². The topological polar surface area (TPSA) is 36.2 Å². The van der Waals surface area contributed by atoms with Crippen LogP contribution in [0.5, 0.6) is 0 Å². The fourth-order valence-electron chi connectivity index (χ4n) is 0.901. The van der Waals surface area contributed by atoms with E-state index >= 15 is 0 Å². The number of amidine groups is 1. The molecule has 0 aromatic rings. The van der Waals surface area contributed by atoms with Crippen LogP contribution in [0.2, 0.25) is 0 Å². The van der Waals surface area contributed by atoms with E-state index in [1.807, 2.05) is 12.2 Å². The van der Waals surface area contributed by atoms with Crippen molar-refractivity contribution in [3.05, 3.63) is 23.8 Å². The Bertz CT molecular complexity index is 211. The van der Waals surface area contributed by atoms with Gasteiger partial charge in [0.2, 0.25) is 0 Å². The van der Waals surface area contributed by atoms with Gasteiger partial charge in [0.25, 0.3) is 0 Å². The highest BCUT2D eigenvalue weighted by Crippen LogP contribution is 2.12. The van der Waals surface area contributed by atoms with E-state index in [2.05, 4.69) is 17.8 Å². The summed E-state index contributed by atoms with van der Waals surface area (Å²) >= 11 is 0. The van der Waals surface area contributed by atoms with Gasteiger partial charge in [-0.1, -0.05) is 18.2 Å². The van der Waals surface area contributed by atoms with Gasteiger partial charge in [0.05, 0.1) is 0 Å². The third kappa shape index (κ3) is 1.41. The van der Waals surface area contributed by atoms with Gasteiger partial charge < -0.3 is 0 Å². The number of hydrogen-bond donors (Lipinski definition) is 1. The zero-order chi connectivity index (χ0) is 7.40. The van der Waals surface area contributed by atoms with Crippen molar-refractivity contribution in [1.82, 2.24) is 0 Å². The van der Waals surface area contributed by atoms with Crippen LogP contribution in [0.4, 0.5) is 0 Å². The molecule has 0 atom stereocenters. The number of aliphatic imine (C=N–C) groups is 1. The second-order valence-electron chi connectivity index (χ2n) is 2.17. The third-order valence-electron chi connectivity index (χ3n) is 1.48. The van der Waals surface area contributed by atoms with Gasteiger partial charge in [-0.15, -0.1) is 0 Å². The molecule has 0 saturated heterocycles. The van der Waals surface area contributed by atoms with Gasteiger partial charge in [-0.25, -0.2) is 4.99 Å². The molecule has 52 valence electrons. The maximum Gasteiger partial charge on any atom is 0.146 e. The molecule has 0 heterocycles. The zero-order valence-corrected chi connectivity index (χ0v) is 5.80. The molecule has 0 unspecified atom stereocenters. The summed E-state index contributed by atoms with van der Waals surface area (Å²) in [5.74, 6) is 0.310. The van der Waals surface area contributed by atoms with Gasteiger partial charge in [-0.2, -0.15) is 0 Å². The van der Waals surface area contributed by atoms with Crippen molar-refractivity contribution in [3.63, 3.8) is 0 Å². The van der Waals surface area contributed by atoms with Gasteiger partial charge in [-0.3, -0.25) is 5.41 Å². The summed E-state index contributed by atoms with van der Waals surface area (Å²) in [5.41, 5.74) is 0.984. The molecule has 1 aliphatic carbocycles. The lowest BCUT2D eigenvalue weighted by Crippen LogP contribution is -1.98. The van der Waals surface area contributed by atoms with Crippen molar-refractivity contribution < 1.29 is 0 Å². The standard InChI is InChI=1S/C8H10N2/c1-10-8(9)7-5-3-2-4-6-7/h2-3,5,9H,1,4,6H2. The lowest BCUT2D eigenvalue weighted by atomic mass is 10.0. The Hall–Kier alpha value is -1.18. The molecule has 0 bridgehead atoms. The maximum absolute atomic E-state index is 7.30. The van der Waals surface area contributed by atoms with E-state index in [1.54, 1.807) is 0 Å². The SMILES string of the molecule is C=NC(=N)C1=CC=CCC1. The molecule has 1 aliphatic rings. The largest absolute Gasteiger partial charge is 0.283 e. The monoisotopic (exact) mass is 134 g/mol. The van der Waals surface area contributed by atoms with E-state index in [0.717, 1.165) is 18.4 Å². The summed E-state index contributed by atoms with van der Waals surface area (Å²) in [5, 5.41) is 7.30. The molecule has 0 fully saturated rings. The van der Waals surface area contributed by atoms with Gasteiger partial charge >= 0.3 is 0 Å². The quantitative estimate of drug-likeness (QED) is 0.420. The zero-order valence-electron chi connectivity index (χ0n) is 5.80. The van der Waals surface area contributed by atoms with Crippen LogP contribution < -0.4 is 0 Å². The van der Waals surface area contributed by atoms with Gasteiger partial charge in [0, 0.05) is 0 Å². The lowest BCUT2D eigenvalue weighted by molar-refractivity contribution is 0.997. The number of hydrogen-bond acceptors (Lipinski definition) is 1. The van der Waals surface area contributed by atoms with Crippen molar-refractivity contribution in [1.29, 1.82) is 5.41 Å². The van der Waals surface area contributed by atoms with Crippen LogP contribution in [0, 0.1) is 5.41 Å². The van der Waals surface area contributed by atoms with Crippen LogP contribution in [0.25, 0.3) is 0 Å². The highest BCUT2D eigenvalue weighted by molar-refractivity contribution is 5.98. The van der Waals surface area contributed by atoms with Crippen LogP contribution in [-0.2, 0) is 0 Å². The molecular formula is C8H10N2. The average Bonchev–Trinajstić information content (AvgIpc) is 2.05. The highest BCUT2D eigenvalue weighted by Gasteiger charge is 2.02. The number of nitrogens with one attached hydrogen (secondary N) is 1. The molecule has 0 saturated carbocycles. The molecule has 0 amide bonds. The first kappa shape index (κ1) is 6.93. The smallest absolute Gasteiger partial charge is 0.146 e. The minimum atomic E-state index is 0.310. The molecule has 0 radical (unpaired) electrons. The van der Waals surface area contributed by atoms with E-state index in [4.69, 9.17) is 5.41 Å². The molecule has 2 nitrogen and oxygen atoms in total. The maximum atomic E-state index is 7.30. The molecule has 0 aliphatic heterocycles. The molecule has 1 rings (SSSR count).